The number of rotatable bonds is 6. The largest absolute Gasteiger partial charge is 0.477 e. The molecule has 174 valence electrons. The summed E-state index contributed by atoms with van der Waals surface area (Å²) >= 11 is 0. The summed E-state index contributed by atoms with van der Waals surface area (Å²) in [7, 11) is 0. The first-order valence-electron chi connectivity index (χ1n) is 10.5. The summed E-state index contributed by atoms with van der Waals surface area (Å²) in [6.07, 6.45) is 1.10. The van der Waals surface area contributed by atoms with E-state index in [0.717, 1.165) is 24.9 Å². The molecular formula is C23H24F2N4O4. The van der Waals surface area contributed by atoms with E-state index in [2.05, 4.69) is 5.32 Å². The van der Waals surface area contributed by atoms with E-state index in [-0.39, 0.29) is 33.9 Å². The van der Waals surface area contributed by atoms with Crippen LogP contribution >= 0.6 is 0 Å². The van der Waals surface area contributed by atoms with Gasteiger partial charge >= 0.3 is 5.97 Å². The van der Waals surface area contributed by atoms with Crippen LogP contribution < -0.4 is 21.4 Å². The van der Waals surface area contributed by atoms with Crippen LogP contribution in [0.4, 0.5) is 20.2 Å². The zero-order chi connectivity index (χ0) is 24.0. The van der Waals surface area contributed by atoms with E-state index < -0.39 is 35.2 Å². The van der Waals surface area contributed by atoms with Crippen LogP contribution in [0.25, 0.3) is 16.6 Å². The number of carboxylic acids is 1. The van der Waals surface area contributed by atoms with Crippen molar-refractivity contribution in [3.05, 3.63) is 62.9 Å². The summed E-state index contributed by atoms with van der Waals surface area (Å²) in [5, 5.41) is 22.5. The van der Waals surface area contributed by atoms with Gasteiger partial charge < -0.3 is 30.7 Å². The fourth-order valence-corrected chi connectivity index (χ4v) is 4.42. The number of benzene rings is 2. The Kier molecular flexibility index (Phi) is 5.81. The van der Waals surface area contributed by atoms with E-state index in [1.165, 1.54) is 10.6 Å². The van der Waals surface area contributed by atoms with E-state index in [9.17, 15) is 24.2 Å². The second-order valence-electron chi connectivity index (χ2n) is 8.10. The highest BCUT2D eigenvalue weighted by atomic mass is 19.1. The number of halogens is 2. The second-order valence-corrected chi connectivity index (χ2v) is 8.10. The summed E-state index contributed by atoms with van der Waals surface area (Å²) in [6, 6.07) is 3.54. The molecule has 0 aliphatic carbocycles. The molecule has 0 saturated carbocycles. The predicted molar refractivity (Wildman–Crippen MR) is 121 cm³/mol. The van der Waals surface area contributed by atoms with Gasteiger partial charge in [-0.2, -0.15) is 0 Å². The summed E-state index contributed by atoms with van der Waals surface area (Å²) in [4.78, 5) is 26.5. The van der Waals surface area contributed by atoms with E-state index in [0.29, 0.717) is 24.3 Å². The maximum absolute atomic E-state index is 15.2. The minimum atomic E-state index is -1.49. The number of pyridine rings is 1. The number of nitrogens with two attached hydrogens (primary N) is 1. The number of fused-ring (bicyclic) bond motifs is 1. The van der Waals surface area contributed by atoms with Crippen LogP contribution in [0.5, 0.6) is 0 Å². The highest BCUT2D eigenvalue weighted by Gasteiger charge is 2.31. The van der Waals surface area contributed by atoms with Crippen molar-refractivity contribution in [1.29, 1.82) is 0 Å². The van der Waals surface area contributed by atoms with Crippen LogP contribution in [-0.2, 0) is 6.61 Å². The Bertz CT molecular complexity index is 1330. The summed E-state index contributed by atoms with van der Waals surface area (Å²) in [5.41, 5.74) is 5.40. The van der Waals surface area contributed by atoms with Gasteiger partial charge in [-0.1, -0.05) is 6.92 Å². The molecule has 0 spiro atoms. The maximum atomic E-state index is 15.2. The molecule has 0 unspecified atom stereocenters. The number of aliphatic hydroxyl groups excluding tert-OH is 1. The molecule has 8 nitrogen and oxygen atoms in total. The number of aromatic carboxylic acids is 1. The molecule has 10 heteroatoms. The minimum absolute atomic E-state index is 0.129. The van der Waals surface area contributed by atoms with Crippen LogP contribution in [0.2, 0.25) is 0 Å². The Balaban J connectivity index is 2.05. The molecule has 0 bridgehead atoms. The van der Waals surface area contributed by atoms with Gasteiger partial charge in [-0.05, 0) is 31.7 Å². The lowest BCUT2D eigenvalue weighted by atomic mass is 10.00. The molecule has 0 atom stereocenters. The van der Waals surface area contributed by atoms with Crippen molar-refractivity contribution in [2.75, 3.05) is 30.3 Å². The third-order valence-electron chi connectivity index (χ3n) is 6.00. The van der Waals surface area contributed by atoms with Crippen molar-refractivity contribution in [2.24, 2.45) is 0 Å². The smallest absolute Gasteiger partial charge is 0.341 e. The molecule has 1 fully saturated rings. The molecule has 1 aliphatic rings. The number of nitrogens with zero attached hydrogens (tertiary/aromatic N) is 2. The maximum Gasteiger partial charge on any atom is 0.341 e. The molecule has 5 N–H and O–H groups in total. The topological polar surface area (TPSA) is 121 Å². The van der Waals surface area contributed by atoms with Crippen LogP contribution in [0, 0.1) is 18.6 Å². The number of hydrogen-bond acceptors (Lipinski definition) is 6. The number of nitrogen functional groups attached to an aromatic ring is 1. The number of nitrogens with one attached hydrogen (secondary N) is 1. The molecule has 1 saturated heterocycles. The Morgan fingerprint density at radius 1 is 1.24 bits per heavy atom. The molecule has 4 rings (SSSR count). The van der Waals surface area contributed by atoms with Gasteiger partial charge in [0, 0.05) is 36.5 Å². The van der Waals surface area contributed by atoms with Gasteiger partial charge in [0.25, 0.3) is 0 Å². The summed E-state index contributed by atoms with van der Waals surface area (Å²) in [6.45, 7) is 4.98. The number of aliphatic hydroxyl groups is 1. The fourth-order valence-electron chi connectivity index (χ4n) is 4.42. The fraction of sp³-hybridized carbons (Fsp3) is 0.304. The third kappa shape index (κ3) is 3.70. The lowest BCUT2D eigenvalue weighted by Gasteiger charge is -2.42. The summed E-state index contributed by atoms with van der Waals surface area (Å²) < 4.78 is 30.6. The molecule has 3 aromatic rings. The SMILES string of the molecule is CCNC1CN(c2c(F)cc3c(=O)c(C(=O)O)cn(-c4cc(N)c(F)cc4CO)c3c2C)C1. The monoisotopic (exact) mass is 458 g/mol. The lowest BCUT2D eigenvalue weighted by Crippen LogP contribution is -2.58. The van der Waals surface area contributed by atoms with Crippen molar-refractivity contribution in [3.63, 3.8) is 0 Å². The molecule has 1 aliphatic heterocycles. The quantitative estimate of drug-likeness (QED) is 0.418. The zero-order valence-electron chi connectivity index (χ0n) is 18.2. The van der Waals surface area contributed by atoms with E-state index >= 15 is 4.39 Å². The number of hydrogen-bond donors (Lipinski definition) is 4. The molecule has 2 aromatic carbocycles. The van der Waals surface area contributed by atoms with Gasteiger partial charge in [0.2, 0.25) is 5.43 Å². The van der Waals surface area contributed by atoms with E-state index in [1.54, 1.807) is 6.92 Å². The van der Waals surface area contributed by atoms with Gasteiger partial charge in [0.15, 0.2) is 0 Å². The minimum Gasteiger partial charge on any atom is -0.477 e. The molecule has 1 aromatic heterocycles. The Hall–Kier alpha value is -3.50. The first-order chi connectivity index (χ1) is 15.7. The van der Waals surface area contributed by atoms with Crippen LogP contribution in [0.1, 0.15) is 28.4 Å². The summed E-state index contributed by atoms with van der Waals surface area (Å²) in [5.74, 6) is -2.87. The molecule has 0 amide bonds. The van der Waals surface area contributed by atoms with Crippen LogP contribution in [-0.4, -0.2) is 46.4 Å². The number of anilines is 2. The highest BCUT2D eigenvalue weighted by Crippen LogP contribution is 2.35. The average Bonchev–Trinajstić information content (AvgIpc) is 2.74. The van der Waals surface area contributed by atoms with Crippen LogP contribution in [0.15, 0.2) is 29.2 Å². The molecular weight excluding hydrogens is 434 g/mol. The first-order valence-corrected chi connectivity index (χ1v) is 10.5. The van der Waals surface area contributed by atoms with Crippen LogP contribution in [0.3, 0.4) is 0 Å². The highest BCUT2D eigenvalue weighted by molar-refractivity contribution is 5.96. The van der Waals surface area contributed by atoms with Gasteiger partial charge in [0.05, 0.1) is 34.6 Å². The number of aromatic nitrogens is 1. The normalized spacial score (nSPS) is 14.0. The van der Waals surface area contributed by atoms with Gasteiger partial charge in [-0.3, -0.25) is 4.79 Å². The Morgan fingerprint density at radius 2 is 1.94 bits per heavy atom. The standard InChI is InChI=1S/C23H24F2N4O4/c1-3-27-13-7-28(8-13)21-11(2)20-14(5-17(21)25)22(31)15(23(32)33)9-29(20)19-6-18(26)16(24)4-12(19)10-30/h4-6,9,13,27,30H,3,7-8,10,26H2,1-2H3,(H,32,33). The average molecular weight is 458 g/mol. The van der Waals surface area contributed by atoms with Crippen molar-refractivity contribution in [1.82, 2.24) is 9.88 Å². The number of aryl methyl sites for hydroxylation is 1. The first kappa shape index (κ1) is 22.7. The molecule has 0 radical (unpaired) electrons. The van der Waals surface area contributed by atoms with Crippen molar-refractivity contribution < 1.29 is 23.8 Å². The molecule has 2 heterocycles. The Labute approximate surface area is 187 Å². The van der Waals surface area contributed by atoms with Crippen molar-refractivity contribution >= 4 is 28.2 Å². The van der Waals surface area contributed by atoms with Crippen molar-refractivity contribution in [3.8, 4) is 5.69 Å². The van der Waals surface area contributed by atoms with Gasteiger partial charge in [0.1, 0.15) is 17.2 Å². The number of carboxylic acid groups (broad SMARTS) is 1. The second kappa shape index (κ2) is 8.45. The third-order valence-corrected chi connectivity index (χ3v) is 6.00. The van der Waals surface area contributed by atoms with Gasteiger partial charge in [-0.15, -0.1) is 0 Å². The zero-order valence-corrected chi connectivity index (χ0v) is 18.2. The lowest BCUT2D eigenvalue weighted by molar-refractivity contribution is 0.0695. The predicted octanol–water partition coefficient (Wildman–Crippen LogP) is 2.15. The Morgan fingerprint density at radius 3 is 2.55 bits per heavy atom. The number of likely N-dealkylation sites (N-methyl/N-ethyl adjacent to an activating group) is 1. The number of carbonyl (C=O) groups is 1. The van der Waals surface area contributed by atoms with Gasteiger partial charge in [-0.25, -0.2) is 13.6 Å². The van der Waals surface area contributed by atoms with E-state index in [1.807, 2.05) is 11.8 Å². The van der Waals surface area contributed by atoms with Crippen molar-refractivity contribution in [2.45, 2.75) is 26.5 Å². The molecule has 33 heavy (non-hydrogen) atoms. The van der Waals surface area contributed by atoms with E-state index in [4.69, 9.17) is 5.73 Å².